The Morgan fingerprint density at radius 3 is 2.37 bits per heavy atom. The standard InChI is InChI=1S/C15H13N3S/c16-12-8-4-5-9-13(12)18-14(10-19-15(18)17)11-6-2-1-3-7-11/h1-10,17H,16H2. The number of hydrogen-bond acceptors (Lipinski definition) is 3. The van der Waals surface area contributed by atoms with Crippen molar-refractivity contribution in [3.63, 3.8) is 0 Å². The lowest BCUT2D eigenvalue weighted by molar-refractivity contribution is 0.989. The van der Waals surface area contributed by atoms with Crippen LogP contribution in [-0.2, 0) is 0 Å². The van der Waals surface area contributed by atoms with Gasteiger partial charge < -0.3 is 5.73 Å². The minimum atomic E-state index is 0.469. The molecule has 19 heavy (non-hydrogen) atoms. The van der Waals surface area contributed by atoms with Crippen molar-refractivity contribution >= 4 is 17.0 Å². The third-order valence-corrected chi connectivity index (χ3v) is 3.72. The Balaban J connectivity index is 2.26. The topological polar surface area (TPSA) is 54.8 Å². The number of nitrogens with one attached hydrogen (secondary N) is 1. The van der Waals surface area contributed by atoms with Gasteiger partial charge in [0.25, 0.3) is 0 Å². The molecule has 0 aliphatic carbocycles. The molecule has 0 bridgehead atoms. The maximum atomic E-state index is 8.10. The van der Waals surface area contributed by atoms with E-state index in [-0.39, 0.29) is 0 Å². The first-order valence-electron chi connectivity index (χ1n) is 5.93. The molecule has 0 fully saturated rings. The summed E-state index contributed by atoms with van der Waals surface area (Å²) in [6.45, 7) is 0. The molecule has 3 aromatic rings. The molecule has 0 amide bonds. The van der Waals surface area contributed by atoms with E-state index in [1.807, 2.05) is 64.5 Å². The second kappa shape index (κ2) is 4.74. The van der Waals surface area contributed by atoms with Crippen molar-refractivity contribution in [1.82, 2.24) is 4.57 Å². The van der Waals surface area contributed by atoms with Crippen LogP contribution in [0.25, 0.3) is 16.9 Å². The van der Waals surface area contributed by atoms with Gasteiger partial charge in [-0.05, 0) is 17.7 Å². The second-order valence-electron chi connectivity index (χ2n) is 4.19. The molecule has 0 atom stereocenters. The quantitative estimate of drug-likeness (QED) is 0.688. The lowest BCUT2D eigenvalue weighted by atomic mass is 10.1. The Bertz CT molecular complexity index is 756. The van der Waals surface area contributed by atoms with Crippen LogP contribution < -0.4 is 10.5 Å². The number of nitrogen functional groups attached to an aromatic ring is 1. The summed E-state index contributed by atoms with van der Waals surface area (Å²) in [6.07, 6.45) is 0. The van der Waals surface area contributed by atoms with E-state index in [9.17, 15) is 0 Å². The lowest BCUT2D eigenvalue weighted by Gasteiger charge is -2.11. The Labute approximate surface area is 115 Å². The van der Waals surface area contributed by atoms with E-state index in [1.54, 1.807) is 0 Å². The fourth-order valence-corrected chi connectivity index (χ4v) is 2.83. The van der Waals surface area contributed by atoms with Gasteiger partial charge in [-0.3, -0.25) is 9.98 Å². The van der Waals surface area contributed by atoms with Crippen LogP contribution in [0.4, 0.5) is 5.69 Å². The van der Waals surface area contributed by atoms with Gasteiger partial charge in [0.05, 0.1) is 17.1 Å². The van der Waals surface area contributed by atoms with Gasteiger partial charge in [-0.2, -0.15) is 0 Å². The summed E-state index contributed by atoms with van der Waals surface area (Å²) in [5.41, 5.74) is 9.64. The van der Waals surface area contributed by atoms with Crippen LogP contribution in [0.15, 0.2) is 60.0 Å². The first-order valence-corrected chi connectivity index (χ1v) is 6.81. The van der Waals surface area contributed by atoms with Crippen LogP contribution in [-0.4, -0.2) is 4.57 Å². The summed E-state index contributed by atoms with van der Waals surface area (Å²) < 4.78 is 1.88. The summed E-state index contributed by atoms with van der Waals surface area (Å²) >= 11 is 1.40. The first kappa shape index (κ1) is 11.7. The van der Waals surface area contributed by atoms with E-state index in [1.165, 1.54) is 11.3 Å². The number of aromatic nitrogens is 1. The van der Waals surface area contributed by atoms with E-state index < -0.39 is 0 Å². The number of nitrogens with zero attached hydrogens (tertiary/aromatic N) is 1. The predicted octanol–water partition coefficient (Wildman–Crippen LogP) is 3.27. The number of nitrogens with two attached hydrogens (primary N) is 1. The van der Waals surface area contributed by atoms with Crippen LogP contribution in [0.2, 0.25) is 0 Å². The van der Waals surface area contributed by atoms with Gasteiger partial charge in [0.1, 0.15) is 0 Å². The van der Waals surface area contributed by atoms with Gasteiger partial charge in [-0.15, -0.1) is 11.3 Å². The summed E-state index contributed by atoms with van der Waals surface area (Å²) in [4.78, 5) is 0.469. The smallest absolute Gasteiger partial charge is 0.187 e. The average Bonchev–Trinajstić information content (AvgIpc) is 2.82. The van der Waals surface area contributed by atoms with Gasteiger partial charge >= 0.3 is 0 Å². The molecule has 3 rings (SSSR count). The van der Waals surface area contributed by atoms with Crippen LogP contribution in [0, 0.1) is 5.41 Å². The number of anilines is 1. The Kier molecular flexibility index (Phi) is 2.93. The lowest BCUT2D eigenvalue weighted by Crippen LogP contribution is -2.13. The molecule has 0 aliphatic heterocycles. The number of hydrogen-bond donors (Lipinski definition) is 2. The van der Waals surface area contributed by atoms with Gasteiger partial charge in [0.2, 0.25) is 0 Å². The highest BCUT2D eigenvalue weighted by Crippen LogP contribution is 2.25. The molecule has 1 aromatic heterocycles. The molecule has 0 aliphatic rings. The molecule has 3 nitrogen and oxygen atoms in total. The van der Waals surface area contributed by atoms with Crippen molar-refractivity contribution in [2.75, 3.05) is 5.73 Å². The molecule has 0 saturated carbocycles. The normalized spacial score (nSPS) is 10.5. The van der Waals surface area contributed by atoms with Crippen molar-refractivity contribution in [2.45, 2.75) is 0 Å². The van der Waals surface area contributed by atoms with E-state index in [4.69, 9.17) is 11.1 Å². The van der Waals surface area contributed by atoms with Gasteiger partial charge in [-0.1, -0.05) is 42.5 Å². The van der Waals surface area contributed by atoms with Crippen LogP contribution >= 0.6 is 11.3 Å². The van der Waals surface area contributed by atoms with Gasteiger partial charge in [-0.25, -0.2) is 0 Å². The summed E-state index contributed by atoms with van der Waals surface area (Å²) in [6, 6.07) is 17.7. The fourth-order valence-electron chi connectivity index (χ4n) is 2.06. The van der Waals surface area contributed by atoms with E-state index in [2.05, 4.69) is 0 Å². The van der Waals surface area contributed by atoms with Gasteiger partial charge in [0.15, 0.2) is 4.80 Å². The van der Waals surface area contributed by atoms with E-state index in [0.717, 1.165) is 16.9 Å². The van der Waals surface area contributed by atoms with Crippen molar-refractivity contribution < 1.29 is 0 Å². The van der Waals surface area contributed by atoms with Gasteiger partial charge in [0, 0.05) is 5.38 Å². The third kappa shape index (κ3) is 2.06. The molecule has 0 unspecified atom stereocenters. The summed E-state index contributed by atoms with van der Waals surface area (Å²) in [5, 5.41) is 10.1. The van der Waals surface area contributed by atoms with E-state index >= 15 is 0 Å². The second-order valence-corrected chi connectivity index (χ2v) is 5.04. The van der Waals surface area contributed by atoms with Crippen molar-refractivity contribution in [1.29, 1.82) is 5.41 Å². The molecular formula is C15H13N3S. The maximum absolute atomic E-state index is 8.10. The molecule has 4 heteroatoms. The zero-order valence-corrected chi connectivity index (χ0v) is 11.0. The maximum Gasteiger partial charge on any atom is 0.187 e. The molecule has 1 heterocycles. The Morgan fingerprint density at radius 2 is 1.63 bits per heavy atom. The minimum absolute atomic E-state index is 0.469. The van der Waals surface area contributed by atoms with Crippen LogP contribution in [0.3, 0.4) is 0 Å². The fraction of sp³-hybridized carbons (Fsp3) is 0. The highest BCUT2D eigenvalue weighted by atomic mass is 32.1. The van der Waals surface area contributed by atoms with Crippen molar-refractivity contribution in [3.8, 4) is 16.9 Å². The Hall–Kier alpha value is -2.33. The molecule has 94 valence electrons. The van der Waals surface area contributed by atoms with Crippen molar-refractivity contribution in [3.05, 3.63) is 64.8 Å². The van der Waals surface area contributed by atoms with Crippen molar-refractivity contribution in [2.24, 2.45) is 0 Å². The molecule has 0 spiro atoms. The predicted molar refractivity (Wildman–Crippen MR) is 79.3 cm³/mol. The Morgan fingerprint density at radius 1 is 0.947 bits per heavy atom. The zero-order valence-electron chi connectivity index (χ0n) is 10.2. The highest BCUT2D eigenvalue weighted by Gasteiger charge is 2.10. The number of para-hydroxylation sites is 2. The third-order valence-electron chi connectivity index (χ3n) is 2.97. The number of rotatable bonds is 2. The minimum Gasteiger partial charge on any atom is -0.397 e. The largest absolute Gasteiger partial charge is 0.397 e. The molecule has 2 aromatic carbocycles. The average molecular weight is 267 g/mol. The summed E-state index contributed by atoms with van der Waals surface area (Å²) in [5.74, 6) is 0. The number of benzene rings is 2. The zero-order chi connectivity index (χ0) is 13.2. The van der Waals surface area contributed by atoms with Crippen LogP contribution in [0.5, 0.6) is 0 Å². The summed E-state index contributed by atoms with van der Waals surface area (Å²) in [7, 11) is 0. The monoisotopic (exact) mass is 267 g/mol. The molecule has 3 N–H and O–H groups in total. The van der Waals surface area contributed by atoms with Crippen LogP contribution in [0.1, 0.15) is 0 Å². The first-order chi connectivity index (χ1) is 9.27. The molecular weight excluding hydrogens is 254 g/mol. The molecule has 0 saturated heterocycles. The SMILES string of the molecule is N=c1scc(-c2ccccc2)n1-c1ccccc1N. The molecule has 0 radical (unpaired) electrons. The number of thiazole rings is 1. The highest BCUT2D eigenvalue weighted by molar-refractivity contribution is 7.07. The van der Waals surface area contributed by atoms with E-state index in [0.29, 0.717) is 10.5 Å².